The molecule has 0 amide bonds. The fraction of sp³-hybridized carbons (Fsp3) is 0.192. The van der Waals surface area contributed by atoms with Gasteiger partial charge in [0.1, 0.15) is 18.2 Å². The van der Waals surface area contributed by atoms with Crippen molar-refractivity contribution < 1.29 is 36.8 Å². The summed E-state index contributed by atoms with van der Waals surface area (Å²) >= 11 is 0.963. The van der Waals surface area contributed by atoms with Crippen LogP contribution in [0.25, 0.3) is 11.3 Å². The zero-order chi connectivity index (χ0) is 28.3. The van der Waals surface area contributed by atoms with Crippen LogP contribution in [0, 0.1) is 0 Å². The molecule has 0 aliphatic heterocycles. The van der Waals surface area contributed by atoms with E-state index in [1.54, 1.807) is 24.3 Å². The highest BCUT2D eigenvalue weighted by Gasteiger charge is 2.35. The van der Waals surface area contributed by atoms with Gasteiger partial charge in [-0.25, -0.2) is 9.55 Å². The number of hydrogen-bond acceptors (Lipinski definition) is 6. The third kappa shape index (κ3) is 7.95. The average molecular weight is 580 g/mol. The first-order valence-corrected chi connectivity index (χ1v) is 13.9. The lowest BCUT2D eigenvalue weighted by atomic mass is 10.1. The summed E-state index contributed by atoms with van der Waals surface area (Å²) in [5.74, 6) is 0.622. The SMILES string of the molecule is CC(N)(COP(=O)(O)O)c1ncc(-c2ccc(Sc3cccc(OCc4ccccc4)c3)c(C(F)(F)F)c2)[nH]1. The van der Waals surface area contributed by atoms with Gasteiger partial charge in [0.05, 0.1) is 29.6 Å². The molecule has 0 saturated carbocycles. The molecule has 8 nitrogen and oxygen atoms in total. The van der Waals surface area contributed by atoms with E-state index < -0.39 is 31.7 Å². The van der Waals surface area contributed by atoms with Crippen molar-refractivity contribution in [3.05, 3.63) is 95.9 Å². The number of nitrogens with zero attached hydrogens (tertiary/aromatic N) is 1. The highest BCUT2D eigenvalue weighted by atomic mass is 32.2. The van der Waals surface area contributed by atoms with Crippen molar-refractivity contribution in [2.45, 2.75) is 35.0 Å². The van der Waals surface area contributed by atoms with Gasteiger partial charge in [0, 0.05) is 15.4 Å². The highest BCUT2D eigenvalue weighted by Crippen LogP contribution is 2.42. The van der Waals surface area contributed by atoms with Gasteiger partial charge in [-0.2, -0.15) is 13.2 Å². The highest BCUT2D eigenvalue weighted by molar-refractivity contribution is 7.99. The number of alkyl halides is 3. The Morgan fingerprint density at radius 1 is 1.05 bits per heavy atom. The van der Waals surface area contributed by atoms with Crippen LogP contribution in [0.2, 0.25) is 0 Å². The number of phosphoric ester groups is 1. The topological polar surface area (TPSA) is 131 Å². The molecule has 3 aromatic carbocycles. The van der Waals surface area contributed by atoms with Gasteiger partial charge in [-0.3, -0.25) is 4.52 Å². The molecule has 0 spiro atoms. The zero-order valence-corrected chi connectivity index (χ0v) is 22.3. The van der Waals surface area contributed by atoms with Crippen LogP contribution < -0.4 is 10.5 Å². The summed E-state index contributed by atoms with van der Waals surface area (Å²) in [6, 6.07) is 20.3. The second-order valence-electron chi connectivity index (χ2n) is 8.89. The van der Waals surface area contributed by atoms with Crippen LogP contribution in [0.3, 0.4) is 0 Å². The smallest absolute Gasteiger partial charge is 0.469 e. The summed E-state index contributed by atoms with van der Waals surface area (Å²) < 4.78 is 63.5. The second-order valence-corrected chi connectivity index (χ2v) is 11.2. The van der Waals surface area contributed by atoms with E-state index in [4.69, 9.17) is 20.3 Å². The van der Waals surface area contributed by atoms with E-state index in [-0.39, 0.29) is 22.0 Å². The minimum atomic E-state index is -4.77. The molecule has 13 heteroatoms. The van der Waals surface area contributed by atoms with Crippen molar-refractivity contribution in [3.63, 3.8) is 0 Å². The zero-order valence-electron chi connectivity index (χ0n) is 20.6. The van der Waals surface area contributed by atoms with E-state index in [0.717, 1.165) is 23.4 Å². The monoisotopic (exact) mass is 579 g/mol. The summed E-state index contributed by atoms with van der Waals surface area (Å²) in [5, 5.41) is 0. The van der Waals surface area contributed by atoms with Crippen molar-refractivity contribution in [2.24, 2.45) is 5.73 Å². The maximum Gasteiger partial charge on any atom is 0.469 e. The van der Waals surface area contributed by atoms with Gasteiger partial charge >= 0.3 is 14.0 Å². The van der Waals surface area contributed by atoms with Crippen molar-refractivity contribution in [1.29, 1.82) is 0 Å². The van der Waals surface area contributed by atoms with Gasteiger partial charge in [-0.1, -0.05) is 54.2 Å². The second kappa shape index (κ2) is 11.5. The van der Waals surface area contributed by atoms with Gasteiger partial charge in [-0.05, 0) is 42.8 Å². The molecule has 1 aromatic heterocycles. The number of rotatable bonds is 10. The first-order chi connectivity index (χ1) is 18.3. The molecule has 1 atom stereocenters. The fourth-order valence-corrected chi connectivity index (χ4v) is 4.98. The molecular weight excluding hydrogens is 554 g/mol. The summed E-state index contributed by atoms with van der Waals surface area (Å²) in [5.41, 5.74) is 5.21. The van der Waals surface area contributed by atoms with Gasteiger partial charge in [0.15, 0.2) is 0 Å². The molecule has 1 heterocycles. The Morgan fingerprint density at radius 2 is 1.79 bits per heavy atom. The normalized spacial score (nSPS) is 13.7. The van der Waals surface area contributed by atoms with Crippen LogP contribution in [0.5, 0.6) is 5.75 Å². The summed E-state index contributed by atoms with van der Waals surface area (Å²) in [6.45, 7) is 1.18. The number of hydrogen-bond donors (Lipinski definition) is 4. The Morgan fingerprint density at radius 3 is 2.49 bits per heavy atom. The first kappa shape index (κ1) is 28.9. The van der Waals surface area contributed by atoms with Crippen molar-refractivity contribution >= 4 is 19.6 Å². The van der Waals surface area contributed by atoms with Gasteiger partial charge in [0.25, 0.3) is 0 Å². The molecule has 4 rings (SSSR count). The summed E-state index contributed by atoms with van der Waals surface area (Å²) in [6.07, 6.45) is -3.34. The number of halogens is 3. The Hall–Kier alpha value is -3.12. The molecule has 4 aromatic rings. The van der Waals surface area contributed by atoms with Crippen LogP contribution in [0.4, 0.5) is 13.2 Å². The minimum Gasteiger partial charge on any atom is -0.489 e. The molecular formula is C26H25F3N3O5PS. The van der Waals surface area contributed by atoms with E-state index >= 15 is 0 Å². The van der Waals surface area contributed by atoms with E-state index in [1.807, 2.05) is 30.3 Å². The molecule has 39 heavy (non-hydrogen) atoms. The largest absolute Gasteiger partial charge is 0.489 e. The van der Waals surface area contributed by atoms with Crippen LogP contribution in [-0.4, -0.2) is 26.4 Å². The predicted octanol–water partition coefficient (Wildman–Crippen LogP) is 6.11. The van der Waals surface area contributed by atoms with Crippen LogP contribution in [-0.2, 0) is 27.4 Å². The Bertz CT molecular complexity index is 1480. The lowest BCUT2D eigenvalue weighted by Gasteiger charge is -2.22. The summed E-state index contributed by atoms with van der Waals surface area (Å²) in [7, 11) is -4.77. The van der Waals surface area contributed by atoms with Gasteiger partial charge in [-0.15, -0.1) is 0 Å². The molecule has 0 aliphatic rings. The van der Waals surface area contributed by atoms with Crippen LogP contribution in [0.1, 0.15) is 23.9 Å². The fourth-order valence-electron chi connectivity index (χ4n) is 3.55. The van der Waals surface area contributed by atoms with Crippen LogP contribution in [0.15, 0.2) is 88.8 Å². The maximum absolute atomic E-state index is 14.1. The number of imidazole rings is 1. The molecule has 0 fully saturated rings. The Labute approximate surface area is 226 Å². The Kier molecular flexibility index (Phi) is 8.55. The quantitative estimate of drug-likeness (QED) is 0.166. The molecule has 5 N–H and O–H groups in total. The van der Waals surface area contributed by atoms with Crippen molar-refractivity contribution in [1.82, 2.24) is 9.97 Å². The number of nitrogens with one attached hydrogen (secondary N) is 1. The average Bonchev–Trinajstić information content (AvgIpc) is 3.38. The maximum atomic E-state index is 14.1. The molecule has 1 unspecified atom stereocenters. The lowest BCUT2D eigenvalue weighted by molar-refractivity contribution is -0.139. The summed E-state index contributed by atoms with van der Waals surface area (Å²) in [4.78, 5) is 25.3. The number of H-pyrrole nitrogens is 1. The lowest BCUT2D eigenvalue weighted by Crippen LogP contribution is -2.39. The number of ether oxygens (including phenoxy) is 1. The van der Waals surface area contributed by atoms with E-state index in [1.165, 1.54) is 25.3 Å². The van der Waals surface area contributed by atoms with Crippen molar-refractivity contribution in [3.8, 4) is 17.0 Å². The molecule has 0 radical (unpaired) electrons. The van der Waals surface area contributed by atoms with Crippen molar-refractivity contribution in [2.75, 3.05) is 6.61 Å². The third-order valence-corrected chi connectivity index (χ3v) is 7.06. The number of aromatic amines is 1. The first-order valence-electron chi connectivity index (χ1n) is 11.5. The van der Waals surface area contributed by atoms with Gasteiger partial charge < -0.3 is 25.2 Å². The standard InChI is InChI=1S/C26H25F3N3O5PS/c1-25(30,16-37-38(33,34)35)24-31-14-22(32-24)18-10-11-23(21(12-18)26(27,28)29)39-20-9-5-8-19(13-20)36-15-17-6-3-2-4-7-17/h2-14H,15-16,30H2,1H3,(H,31,32)(H2,33,34,35). The predicted molar refractivity (Wildman–Crippen MR) is 140 cm³/mol. The molecule has 0 bridgehead atoms. The van der Waals surface area contributed by atoms with E-state index in [2.05, 4.69) is 14.5 Å². The van der Waals surface area contributed by atoms with Crippen LogP contribution >= 0.6 is 19.6 Å². The minimum absolute atomic E-state index is 0.00454. The number of nitrogens with two attached hydrogens (primary N) is 1. The molecule has 0 saturated heterocycles. The molecule has 0 aliphatic carbocycles. The van der Waals surface area contributed by atoms with E-state index in [9.17, 15) is 17.7 Å². The van der Waals surface area contributed by atoms with Gasteiger partial charge in [0.2, 0.25) is 0 Å². The molecule has 206 valence electrons. The Balaban J connectivity index is 1.55. The number of aromatic nitrogens is 2. The van der Waals surface area contributed by atoms with E-state index in [0.29, 0.717) is 17.3 Å². The number of phosphoric acid groups is 1. The number of benzene rings is 3. The third-order valence-electron chi connectivity index (χ3n) is 5.53.